The van der Waals surface area contributed by atoms with E-state index in [0.29, 0.717) is 25.7 Å². The highest BCUT2D eigenvalue weighted by Gasteiger charge is 2.58. The molecule has 1 saturated heterocycles. The van der Waals surface area contributed by atoms with Gasteiger partial charge in [0, 0.05) is 36.1 Å². The highest BCUT2D eigenvalue weighted by Crippen LogP contribution is 2.50. The molecule has 4 atom stereocenters. The number of H-pyrrole nitrogens is 1. The van der Waals surface area contributed by atoms with Gasteiger partial charge in [-0.3, -0.25) is 14.7 Å². The minimum atomic E-state index is -4.87. The lowest BCUT2D eigenvalue weighted by Gasteiger charge is -2.42. The summed E-state index contributed by atoms with van der Waals surface area (Å²) < 4.78 is 58.7. The number of nitrogens with one attached hydrogen (secondary N) is 2. The number of aromatic nitrogens is 3. The number of carbonyl (C=O) groups is 2. The summed E-state index contributed by atoms with van der Waals surface area (Å²) in [5.41, 5.74) is -3.02. The van der Waals surface area contributed by atoms with Gasteiger partial charge in [-0.15, -0.1) is 0 Å². The first-order valence-corrected chi connectivity index (χ1v) is 12.7. The maximum Gasteiger partial charge on any atom is 0.417 e. The second kappa shape index (κ2) is 9.73. The van der Waals surface area contributed by atoms with Gasteiger partial charge in [0.2, 0.25) is 11.8 Å². The van der Waals surface area contributed by atoms with Crippen molar-refractivity contribution in [3.05, 3.63) is 29.8 Å². The minimum Gasteiger partial charge on any atom is -0.481 e. The Labute approximate surface area is 220 Å². The second-order valence-corrected chi connectivity index (χ2v) is 10.7. The Kier molecular flexibility index (Phi) is 6.82. The number of likely N-dealkylation sites (tertiary alicyclic amines) is 1. The lowest BCUT2D eigenvalue weighted by atomic mass is 9.79. The number of alkyl halides is 3. The van der Waals surface area contributed by atoms with Crippen LogP contribution in [-0.2, 0) is 4.79 Å². The van der Waals surface area contributed by atoms with Gasteiger partial charge < -0.3 is 25.2 Å². The van der Waals surface area contributed by atoms with E-state index in [-0.39, 0.29) is 47.6 Å². The van der Waals surface area contributed by atoms with E-state index < -0.39 is 54.0 Å². The van der Waals surface area contributed by atoms with Gasteiger partial charge in [0.15, 0.2) is 11.4 Å². The Balaban J connectivity index is 1.22. The van der Waals surface area contributed by atoms with Crippen molar-refractivity contribution in [2.24, 2.45) is 5.92 Å². The number of amides is 2. The van der Waals surface area contributed by atoms with Crippen LogP contribution in [0, 0.1) is 11.7 Å². The van der Waals surface area contributed by atoms with Crippen molar-refractivity contribution in [1.82, 2.24) is 25.4 Å². The topological polar surface area (TPSA) is 141 Å². The first-order valence-electron chi connectivity index (χ1n) is 12.7. The molecule has 1 unspecified atom stereocenters. The molecular formula is C25H29F4N5O5. The number of nitrogens with zero attached hydrogens (tertiary/aromatic N) is 3. The van der Waals surface area contributed by atoms with Crippen molar-refractivity contribution in [2.75, 3.05) is 13.7 Å². The van der Waals surface area contributed by atoms with Crippen LogP contribution in [0.3, 0.4) is 0 Å². The van der Waals surface area contributed by atoms with E-state index >= 15 is 0 Å². The van der Waals surface area contributed by atoms with E-state index in [1.54, 1.807) is 4.90 Å². The Hall–Kier alpha value is -3.26. The molecule has 2 amide bonds. The van der Waals surface area contributed by atoms with Crippen LogP contribution in [-0.4, -0.2) is 85.2 Å². The number of hydrogen-bond acceptors (Lipinski definition) is 7. The molecule has 5 rings (SSSR count). The van der Waals surface area contributed by atoms with Gasteiger partial charge in [-0.25, -0.2) is 9.37 Å². The molecule has 39 heavy (non-hydrogen) atoms. The molecule has 3 fully saturated rings. The van der Waals surface area contributed by atoms with Crippen molar-refractivity contribution in [2.45, 2.75) is 74.4 Å². The zero-order valence-corrected chi connectivity index (χ0v) is 21.1. The fourth-order valence-electron chi connectivity index (χ4n) is 5.70. The van der Waals surface area contributed by atoms with Crippen LogP contribution in [0.5, 0.6) is 5.88 Å². The second-order valence-electron chi connectivity index (χ2n) is 10.7. The monoisotopic (exact) mass is 555 g/mol. The van der Waals surface area contributed by atoms with Crippen LogP contribution in [0.4, 0.5) is 17.6 Å². The van der Waals surface area contributed by atoms with Gasteiger partial charge in [0.25, 0.3) is 5.91 Å². The summed E-state index contributed by atoms with van der Waals surface area (Å²) in [6, 6.07) is 1.92. The van der Waals surface area contributed by atoms with E-state index in [2.05, 4.69) is 20.5 Å². The molecule has 0 aromatic carbocycles. The number of carbonyl (C=O) groups excluding carboxylic acids is 2. The number of ether oxygens (including phenoxy) is 1. The Morgan fingerprint density at radius 1 is 1.21 bits per heavy atom. The normalized spacial score (nSPS) is 28.3. The molecule has 2 aromatic heterocycles. The zero-order valence-electron chi connectivity index (χ0n) is 21.1. The largest absolute Gasteiger partial charge is 0.481 e. The van der Waals surface area contributed by atoms with Crippen LogP contribution >= 0.6 is 0 Å². The van der Waals surface area contributed by atoms with Crippen molar-refractivity contribution in [1.29, 1.82) is 0 Å². The molecule has 2 aromatic rings. The predicted molar refractivity (Wildman–Crippen MR) is 127 cm³/mol. The molecular weight excluding hydrogens is 526 g/mol. The fraction of sp³-hybridized carbons (Fsp3) is 0.600. The zero-order chi connectivity index (χ0) is 28.2. The lowest BCUT2D eigenvalue weighted by molar-refractivity contribution is -0.279. The molecule has 1 aliphatic heterocycles. The molecule has 1 spiro atoms. The average Bonchev–Trinajstić information content (AvgIpc) is 3.46. The number of hydrogen-bond donors (Lipinski definition) is 4. The molecule has 10 nitrogen and oxygen atoms in total. The summed E-state index contributed by atoms with van der Waals surface area (Å²) in [6.45, 7) is 0.268. The summed E-state index contributed by atoms with van der Waals surface area (Å²) in [7, 11) is 1.40. The van der Waals surface area contributed by atoms with Crippen molar-refractivity contribution in [3.8, 4) is 17.1 Å². The molecule has 3 heterocycles. The number of pyridine rings is 1. The number of piperidine rings is 1. The number of rotatable bonds is 5. The molecule has 2 aliphatic carbocycles. The third-order valence-corrected chi connectivity index (χ3v) is 8.20. The number of aliphatic hydroxyl groups is 2. The van der Waals surface area contributed by atoms with Crippen LogP contribution < -0.4 is 10.1 Å². The molecule has 14 heteroatoms. The van der Waals surface area contributed by atoms with E-state index in [1.165, 1.54) is 19.2 Å². The van der Waals surface area contributed by atoms with Crippen molar-refractivity contribution >= 4 is 11.8 Å². The van der Waals surface area contributed by atoms with E-state index in [1.807, 2.05) is 0 Å². The fourth-order valence-corrected chi connectivity index (χ4v) is 5.70. The standard InChI is InChI=1S/C25H29F4N5O5/c1-39-20-8-14(15(26)12-30-20)17-9-18(33-32-17)22(37)34-7-3-13(10-23(34)5-6-23)21(36)31-16-2-4-24(38,11-19(16)35)25(27,28)29/h8-9,12-13,16,19,35,38H,2-7,10-11H2,1H3,(H,31,36)(H,32,33)/t13?,16-,19-,24+/m0/s1. The number of aromatic amines is 1. The Morgan fingerprint density at radius 3 is 2.59 bits per heavy atom. The Bertz CT molecular complexity index is 1270. The van der Waals surface area contributed by atoms with Gasteiger partial charge in [-0.1, -0.05) is 0 Å². The van der Waals surface area contributed by atoms with Gasteiger partial charge in [-0.05, 0) is 44.6 Å². The molecule has 212 valence electrons. The number of aliphatic hydroxyl groups excluding tert-OH is 1. The Morgan fingerprint density at radius 2 is 1.95 bits per heavy atom. The third-order valence-electron chi connectivity index (χ3n) is 8.20. The van der Waals surface area contributed by atoms with Gasteiger partial charge in [-0.2, -0.15) is 18.3 Å². The van der Waals surface area contributed by atoms with Gasteiger partial charge in [0.1, 0.15) is 5.69 Å². The third kappa shape index (κ3) is 5.07. The van der Waals surface area contributed by atoms with Gasteiger partial charge >= 0.3 is 6.18 Å². The van der Waals surface area contributed by atoms with Crippen LogP contribution in [0.1, 0.15) is 55.4 Å². The summed E-state index contributed by atoms with van der Waals surface area (Å²) in [5, 5.41) is 29.5. The first-order chi connectivity index (χ1) is 18.4. The van der Waals surface area contributed by atoms with E-state index in [4.69, 9.17) is 4.74 Å². The molecule has 2 saturated carbocycles. The summed E-state index contributed by atoms with van der Waals surface area (Å²) in [5.74, 6) is -1.64. The van der Waals surface area contributed by atoms with Crippen LogP contribution in [0.15, 0.2) is 18.3 Å². The quantitative estimate of drug-likeness (QED) is 0.415. The highest BCUT2D eigenvalue weighted by molar-refractivity contribution is 5.94. The molecule has 3 aliphatic rings. The maximum atomic E-state index is 14.3. The summed E-state index contributed by atoms with van der Waals surface area (Å²) in [4.78, 5) is 31.8. The van der Waals surface area contributed by atoms with Crippen molar-refractivity contribution in [3.63, 3.8) is 0 Å². The SMILES string of the molecule is COc1cc(-c2cc(C(=O)N3CCC(C(=O)N[C@H]4CC[C@](O)(C(F)(F)F)C[C@@H]4O)CC34CC4)[nH]n2)c(F)cn1. The lowest BCUT2D eigenvalue weighted by Crippen LogP contribution is -2.58. The van der Waals surface area contributed by atoms with Crippen LogP contribution in [0.25, 0.3) is 11.3 Å². The van der Waals surface area contributed by atoms with Gasteiger partial charge in [0.05, 0.1) is 31.1 Å². The smallest absolute Gasteiger partial charge is 0.417 e. The maximum absolute atomic E-state index is 14.3. The van der Waals surface area contributed by atoms with E-state index in [0.717, 1.165) is 6.20 Å². The predicted octanol–water partition coefficient (Wildman–Crippen LogP) is 2.33. The molecule has 0 bridgehead atoms. The first kappa shape index (κ1) is 27.3. The minimum absolute atomic E-state index is 0.118. The summed E-state index contributed by atoms with van der Waals surface area (Å²) in [6.07, 6.45) is -5.06. The number of halogens is 4. The van der Waals surface area contributed by atoms with E-state index in [9.17, 15) is 37.4 Å². The summed E-state index contributed by atoms with van der Waals surface area (Å²) >= 11 is 0. The average molecular weight is 556 g/mol. The number of methoxy groups -OCH3 is 1. The van der Waals surface area contributed by atoms with Crippen LogP contribution in [0.2, 0.25) is 0 Å². The highest BCUT2D eigenvalue weighted by atomic mass is 19.4. The van der Waals surface area contributed by atoms with Crippen molar-refractivity contribution < 1.29 is 42.1 Å². The molecule has 4 N–H and O–H groups in total. The molecule has 0 radical (unpaired) electrons.